The molecule has 6 heteroatoms. The van der Waals surface area contributed by atoms with Gasteiger partial charge in [0.05, 0.1) is 17.1 Å². The number of fused-ring (bicyclic) bond motifs is 1. The molecule has 2 aliphatic heterocycles. The van der Waals surface area contributed by atoms with Gasteiger partial charge in [0.15, 0.2) is 0 Å². The van der Waals surface area contributed by atoms with E-state index < -0.39 is 0 Å². The van der Waals surface area contributed by atoms with Gasteiger partial charge >= 0.3 is 0 Å². The fourth-order valence-electron chi connectivity index (χ4n) is 5.13. The van der Waals surface area contributed by atoms with E-state index in [9.17, 15) is 0 Å². The Morgan fingerprint density at radius 1 is 1.24 bits per heavy atom. The SMILES string of the molecule is C#CNC1=C(C(=NC)C(=C)NCc2ccc3c(c2)NC(=C)CC3)N(C)C=C(N)C1.CC1CCCCCC1. The van der Waals surface area contributed by atoms with Gasteiger partial charge in [-0.1, -0.05) is 77.2 Å². The largest absolute Gasteiger partial charge is 0.401 e. The van der Waals surface area contributed by atoms with E-state index in [0.717, 1.165) is 64.2 Å². The van der Waals surface area contributed by atoms with E-state index in [1.165, 1.54) is 44.1 Å². The Morgan fingerprint density at radius 2 is 1.97 bits per heavy atom. The van der Waals surface area contributed by atoms with Gasteiger partial charge in [0.1, 0.15) is 5.71 Å². The van der Waals surface area contributed by atoms with Gasteiger partial charge in [-0.3, -0.25) is 4.99 Å². The van der Waals surface area contributed by atoms with E-state index in [0.29, 0.717) is 13.0 Å². The highest BCUT2D eigenvalue weighted by Crippen LogP contribution is 2.27. The van der Waals surface area contributed by atoms with E-state index in [-0.39, 0.29) is 0 Å². The number of nitrogens with two attached hydrogens (primary N) is 1. The van der Waals surface area contributed by atoms with Crippen LogP contribution in [0.2, 0.25) is 0 Å². The Bertz CT molecular complexity index is 1110. The van der Waals surface area contributed by atoms with Crippen LogP contribution in [0, 0.1) is 18.4 Å². The molecule has 4 rings (SSSR count). The second-order valence-corrected chi connectivity index (χ2v) is 10.3. The zero-order valence-electron chi connectivity index (χ0n) is 22.9. The number of nitrogens with zero attached hydrogens (tertiary/aromatic N) is 2. The summed E-state index contributed by atoms with van der Waals surface area (Å²) >= 11 is 0. The van der Waals surface area contributed by atoms with Crippen LogP contribution in [-0.2, 0) is 13.0 Å². The molecule has 1 fully saturated rings. The normalized spacial score (nSPS) is 18.3. The molecule has 0 saturated heterocycles. The maximum Gasteiger partial charge on any atom is 0.105 e. The van der Waals surface area contributed by atoms with Crippen LogP contribution in [0.5, 0.6) is 0 Å². The summed E-state index contributed by atoms with van der Waals surface area (Å²) in [4.78, 5) is 6.38. The third-order valence-electron chi connectivity index (χ3n) is 7.17. The highest BCUT2D eigenvalue weighted by Gasteiger charge is 2.23. The third kappa shape index (κ3) is 7.95. The number of hydrogen-bond acceptors (Lipinski definition) is 6. The molecule has 1 aliphatic carbocycles. The van der Waals surface area contributed by atoms with Gasteiger partial charge in [-0.25, -0.2) is 0 Å². The molecule has 198 valence electrons. The van der Waals surface area contributed by atoms with Crippen molar-refractivity contribution in [1.82, 2.24) is 15.5 Å². The average molecular weight is 501 g/mol. The minimum atomic E-state index is 0.538. The second-order valence-electron chi connectivity index (χ2n) is 10.3. The third-order valence-corrected chi connectivity index (χ3v) is 7.17. The van der Waals surface area contributed by atoms with Crippen LogP contribution in [-0.4, -0.2) is 24.7 Å². The summed E-state index contributed by atoms with van der Waals surface area (Å²) in [6, 6.07) is 8.94. The van der Waals surface area contributed by atoms with E-state index in [4.69, 9.17) is 12.2 Å². The summed E-state index contributed by atoms with van der Waals surface area (Å²) in [5.74, 6) is 1.03. The van der Waals surface area contributed by atoms with Crippen LogP contribution in [0.1, 0.15) is 69.4 Å². The lowest BCUT2D eigenvalue weighted by molar-refractivity contribution is 0.505. The number of terminal acetylenes is 1. The Balaban J connectivity index is 0.000000405. The maximum atomic E-state index is 6.01. The minimum Gasteiger partial charge on any atom is -0.401 e. The predicted molar refractivity (Wildman–Crippen MR) is 157 cm³/mol. The zero-order chi connectivity index (χ0) is 26.8. The van der Waals surface area contributed by atoms with E-state index >= 15 is 0 Å². The molecule has 3 aliphatic rings. The molecule has 5 N–H and O–H groups in total. The first kappa shape index (κ1) is 28.0. The highest BCUT2D eigenvalue weighted by molar-refractivity contribution is 6.11. The van der Waals surface area contributed by atoms with Gasteiger partial charge in [0, 0.05) is 56.4 Å². The van der Waals surface area contributed by atoms with Gasteiger partial charge in [0.2, 0.25) is 0 Å². The summed E-state index contributed by atoms with van der Waals surface area (Å²) in [6.45, 7) is 11.2. The summed E-state index contributed by atoms with van der Waals surface area (Å²) in [7, 11) is 3.66. The number of aliphatic imine (C=N–C) groups is 1. The van der Waals surface area contributed by atoms with Crippen LogP contribution >= 0.6 is 0 Å². The van der Waals surface area contributed by atoms with E-state index in [2.05, 4.69) is 65.3 Å². The predicted octanol–water partition coefficient (Wildman–Crippen LogP) is 5.74. The quantitative estimate of drug-likeness (QED) is 0.173. The fraction of sp³-hybridized carbons (Fsp3) is 0.452. The number of benzene rings is 1. The summed E-state index contributed by atoms with van der Waals surface area (Å²) in [6.07, 6.45) is 18.8. The molecule has 1 aromatic carbocycles. The molecule has 6 nitrogen and oxygen atoms in total. The monoisotopic (exact) mass is 500 g/mol. The fourth-order valence-corrected chi connectivity index (χ4v) is 5.13. The lowest BCUT2D eigenvalue weighted by Crippen LogP contribution is -2.33. The van der Waals surface area contributed by atoms with Crippen molar-refractivity contribution in [3.63, 3.8) is 0 Å². The topological polar surface area (TPSA) is 77.7 Å². The lowest BCUT2D eigenvalue weighted by atomic mass is 9.99. The zero-order valence-corrected chi connectivity index (χ0v) is 22.9. The van der Waals surface area contributed by atoms with Crippen molar-refractivity contribution in [3.8, 4) is 12.5 Å². The van der Waals surface area contributed by atoms with E-state index in [1.54, 1.807) is 7.05 Å². The molecule has 0 aromatic heterocycles. The van der Waals surface area contributed by atoms with Crippen molar-refractivity contribution in [1.29, 1.82) is 0 Å². The Hall–Kier alpha value is -3.59. The second kappa shape index (κ2) is 13.6. The number of anilines is 1. The molecule has 0 unspecified atom stereocenters. The number of rotatable bonds is 6. The number of hydrogen-bond donors (Lipinski definition) is 4. The van der Waals surface area contributed by atoms with Crippen LogP contribution in [0.15, 0.2) is 71.0 Å². The average Bonchev–Trinajstić information content (AvgIpc) is 3.12. The molecule has 1 saturated carbocycles. The Kier molecular flexibility index (Phi) is 10.3. The molecule has 0 radical (unpaired) electrons. The molecule has 37 heavy (non-hydrogen) atoms. The van der Waals surface area contributed by atoms with Crippen molar-refractivity contribution >= 4 is 11.4 Å². The summed E-state index contributed by atoms with van der Waals surface area (Å²) < 4.78 is 0. The van der Waals surface area contributed by atoms with Crippen LogP contribution in [0.3, 0.4) is 0 Å². The van der Waals surface area contributed by atoms with Crippen molar-refractivity contribution in [3.05, 3.63) is 77.2 Å². The van der Waals surface area contributed by atoms with Crippen molar-refractivity contribution in [2.75, 3.05) is 19.4 Å². The standard InChI is InChI=1S/C23H28N6.C8H16/c1-6-26-21-12-19(24)14-29(5)23(21)22(25-4)16(3)27-13-17-8-10-18-9-7-15(2)28-20(18)11-17;1-8-6-4-2-3-5-7-8/h1,8,10-11,14,26-28H,2-3,7,9,12-13,24H2,4-5H3;8H,2-7H2,1H3. The van der Waals surface area contributed by atoms with Gasteiger partial charge in [-0.05, 0) is 36.0 Å². The number of nitrogens with one attached hydrogen (secondary N) is 3. The van der Waals surface area contributed by atoms with Crippen LogP contribution < -0.4 is 21.7 Å². The lowest BCUT2D eigenvalue weighted by Gasteiger charge is -2.29. The summed E-state index contributed by atoms with van der Waals surface area (Å²) in [5.41, 5.74) is 14.5. The Morgan fingerprint density at radius 3 is 2.65 bits per heavy atom. The van der Waals surface area contributed by atoms with Crippen molar-refractivity contribution in [2.24, 2.45) is 16.6 Å². The van der Waals surface area contributed by atoms with Gasteiger partial charge in [-0.2, -0.15) is 0 Å². The Labute approximate surface area is 223 Å². The smallest absolute Gasteiger partial charge is 0.105 e. The van der Waals surface area contributed by atoms with Crippen molar-refractivity contribution in [2.45, 2.75) is 71.3 Å². The molecule has 2 heterocycles. The maximum absolute atomic E-state index is 6.01. The number of aryl methyl sites for hydroxylation is 1. The summed E-state index contributed by atoms with van der Waals surface area (Å²) in [5, 5.41) is 9.72. The molecule has 0 bridgehead atoms. The van der Waals surface area contributed by atoms with Crippen LogP contribution in [0.25, 0.3) is 0 Å². The number of allylic oxidation sites excluding steroid dienone is 1. The molecule has 0 atom stereocenters. The molecular formula is C31H44N6. The van der Waals surface area contributed by atoms with E-state index in [1.807, 2.05) is 18.1 Å². The van der Waals surface area contributed by atoms with Crippen molar-refractivity contribution < 1.29 is 0 Å². The van der Waals surface area contributed by atoms with Gasteiger partial charge in [-0.15, -0.1) is 0 Å². The molecule has 0 spiro atoms. The van der Waals surface area contributed by atoms with Gasteiger partial charge in [0.25, 0.3) is 0 Å². The van der Waals surface area contributed by atoms with Crippen LogP contribution in [0.4, 0.5) is 5.69 Å². The van der Waals surface area contributed by atoms with Gasteiger partial charge < -0.3 is 26.6 Å². The molecule has 0 amide bonds. The highest BCUT2D eigenvalue weighted by atomic mass is 15.1. The minimum absolute atomic E-state index is 0.538. The molecular weight excluding hydrogens is 456 g/mol. The first-order valence-electron chi connectivity index (χ1n) is 13.4. The molecule has 1 aromatic rings. The first-order chi connectivity index (χ1) is 17.8. The first-order valence-corrected chi connectivity index (χ1v) is 13.4.